The van der Waals surface area contributed by atoms with E-state index in [1.165, 1.54) is 17.7 Å². The standard InChI is InChI=1S/C22H21FN2O/c1-16-5-7-17(8-6-16)15-25-22(26)21(14-20-4-2-3-13-24-20)18-9-11-19(23)12-10-18/h2-13,21H,14-15H2,1H3,(H,25,26). The number of aryl methyl sites for hydroxylation is 1. The second-order valence-corrected chi connectivity index (χ2v) is 6.33. The summed E-state index contributed by atoms with van der Waals surface area (Å²) in [5, 5.41) is 2.99. The van der Waals surface area contributed by atoms with E-state index in [0.29, 0.717) is 13.0 Å². The molecule has 2 aromatic carbocycles. The van der Waals surface area contributed by atoms with Crippen molar-refractivity contribution in [2.75, 3.05) is 0 Å². The number of hydrogen-bond acceptors (Lipinski definition) is 2. The first-order chi connectivity index (χ1) is 12.6. The van der Waals surface area contributed by atoms with E-state index >= 15 is 0 Å². The van der Waals surface area contributed by atoms with Crippen LogP contribution in [0, 0.1) is 12.7 Å². The molecule has 3 aromatic rings. The summed E-state index contributed by atoms with van der Waals surface area (Å²) in [7, 11) is 0. The van der Waals surface area contributed by atoms with Gasteiger partial charge >= 0.3 is 0 Å². The molecule has 3 rings (SSSR count). The lowest BCUT2D eigenvalue weighted by Gasteiger charge is -2.17. The van der Waals surface area contributed by atoms with Gasteiger partial charge in [-0.1, -0.05) is 48.0 Å². The Kier molecular flexibility index (Phi) is 5.74. The van der Waals surface area contributed by atoms with Crippen molar-refractivity contribution >= 4 is 5.91 Å². The van der Waals surface area contributed by atoms with Gasteiger partial charge in [-0.2, -0.15) is 0 Å². The van der Waals surface area contributed by atoms with E-state index < -0.39 is 5.92 Å². The highest BCUT2D eigenvalue weighted by molar-refractivity contribution is 5.83. The number of nitrogens with one attached hydrogen (secondary N) is 1. The first kappa shape index (κ1) is 17.8. The largest absolute Gasteiger partial charge is 0.351 e. The molecule has 132 valence electrons. The quantitative estimate of drug-likeness (QED) is 0.726. The lowest BCUT2D eigenvalue weighted by molar-refractivity contribution is -0.122. The van der Waals surface area contributed by atoms with Crippen molar-refractivity contribution in [1.82, 2.24) is 10.3 Å². The normalized spacial score (nSPS) is 11.8. The Morgan fingerprint density at radius 2 is 1.77 bits per heavy atom. The molecule has 0 fully saturated rings. The summed E-state index contributed by atoms with van der Waals surface area (Å²) >= 11 is 0. The number of benzene rings is 2. The van der Waals surface area contributed by atoms with Gasteiger partial charge in [-0.3, -0.25) is 9.78 Å². The Labute approximate surface area is 152 Å². The predicted molar refractivity (Wildman–Crippen MR) is 100 cm³/mol. The van der Waals surface area contributed by atoms with Crippen molar-refractivity contribution < 1.29 is 9.18 Å². The Bertz CT molecular complexity index is 846. The monoisotopic (exact) mass is 348 g/mol. The minimum atomic E-state index is -0.420. The second-order valence-electron chi connectivity index (χ2n) is 6.33. The first-order valence-electron chi connectivity index (χ1n) is 8.60. The van der Waals surface area contributed by atoms with Gasteiger partial charge in [0.1, 0.15) is 5.82 Å². The third-order valence-electron chi connectivity index (χ3n) is 4.32. The zero-order valence-electron chi connectivity index (χ0n) is 14.7. The fourth-order valence-corrected chi connectivity index (χ4v) is 2.80. The van der Waals surface area contributed by atoms with Crippen molar-refractivity contribution in [2.24, 2.45) is 0 Å². The fraction of sp³-hybridized carbons (Fsp3) is 0.182. The van der Waals surface area contributed by atoms with Crippen LogP contribution in [0.25, 0.3) is 0 Å². The number of amides is 1. The molecule has 0 aliphatic rings. The van der Waals surface area contributed by atoms with E-state index in [4.69, 9.17) is 0 Å². The van der Waals surface area contributed by atoms with Gasteiger partial charge in [-0.15, -0.1) is 0 Å². The summed E-state index contributed by atoms with van der Waals surface area (Å²) in [5.41, 5.74) is 3.82. The van der Waals surface area contributed by atoms with E-state index in [1.54, 1.807) is 18.3 Å². The minimum Gasteiger partial charge on any atom is -0.351 e. The van der Waals surface area contributed by atoms with E-state index in [1.807, 2.05) is 49.4 Å². The molecule has 0 saturated carbocycles. The Balaban J connectivity index is 1.76. The van der Waals surface area contributed by atoms with Gasteiger partial charge in [-0.25, -0.2) is 4.39 Å². The average molecular weight is 348 g/mol. The molecule has 4 heteroatoms. The molecule has 0 saturated heterocycles. The second kappa shape index (κ2) is 8.39. The van der Waals surface area contributed by atoms with Gasteiger partial charge in [0.15, 0.2) is 0 Å². The molecule has 0 radical (unpaired) electrons. The predicted octanol–water partition coefficient (Wildman–Crippen LogP) is 4.17. The van der Waals surface area contributed by atoms with E-state index in [-0.39, 0.29) is 11.7 Å². The molecule has 1 aromatic heterocycles. The van der Waals surface area contributed by atoms with Crippen LogP contribution in [0.2, 0.25) is 0 Å². The van der Waals surface area contributed by atoms with Gasteiger partial charge in [0.2, 0.25) is 5.91 Å². The molecule has 1 heterocycles. The van der Waals surface area contributed by atoms with Crippen LogP contribution in [0.3, 0.4) is 0 Å². The fourth-order valence-electron chi connectivity index (χ4n) is 2.80. The molecule has 1 unspecified atom stereocenters. The van der Waals surface area contributed by atoms with Crippen LogP contribution in [0.5, 0.6) is 0 Å². The van der Waals surface area contributed by atoms with Crippen molar-refractivity contribution in [3.8, 4) is 0 Å². The van der Waals surface area contributed by atoms with E-state index in [9.17, 15) is 9.18 Å². The summed E-state index contributed by atoms with van der Waals surface area (Å²) in [6.45, 7) is 2.48. The van der Waals surface area contributed by atoms with Crippen LogP contribution in [-0.4, -0.2) is 10.9 Å². The van der Waals surface area contributed by atoms with Crippen LogP contribution in [-0.2, 0) is 17.8 Å². The van der Waals surface area contributed by atoms with Gasteiger partial charge < -0.3 is 5.32 Å². The molecule has 26 heavy (non-hydrogen) atoms. The van der Waals surface area contributed by atoms with Crippen LogP contribution in [0.15, 0.2) is 72.9 Å². The maximum Gasteiger partial charge on any atom is 0.228 e. The lowest BCUT2D eigenvalue weighted by atomic mass is 9.93. The zero-order chi connectivity index (χ0) is 18.4. The molecular formula is C22H21FN2O. The third-order valence-corrected chi connectivity index (χ3v) is 4.32. The summed E-state index contributed by atoms with van der Waals surface area (Å²) in [6.07, 6.45) is 2.17. The van der Waals surface area contributed by atoms with Crippen molar-refractivity contribution in [3.05, 3.63) is 101 Å². The van der Waals surface area contributed by atoms with Crippen LogP contribution in [0.4, 0.5) is 4.39 Å². The topological polar surface area (TPSA) is 42.0 Å². The molecule has 0 bridgehead atoms. The average Bonchev–Trinajstić information content (AvgIpc) is 2.67. The molecule has 3 nitrogen and oxygen atoms in total. The van der Waals surface area contributed by atoms with Gasteiger partial charge in [0, 0.05) is 24.9 Å². The van der Waals surface area contributed by atoms with Gasteiger partial charge in [0.05, 0.1) is 5.92 Å². The number of pyridine rings is 1. The van der Waals surface area contributed by atoms with Gasteiger partial charge in [0.25, 0.3) is 0 Å². The summed E-state index contributed by atoms with van der Waals surface area (Å²) in [5.74, 6) is -0.829. The molecule has 1 amide bonds. The molecule has 0 aliphatic heterocycles. The minimum absolute atomic E-state index is 0.0946. The number of aromatic nitrogens is 1. The van der Waals surface area contributed by atoms with Gasteiger partial charge in [-0.05, 0) is 42.3 Å². The number of hydrogen-bond donors (Lipinski definition) is 1. The van der Waals surface area contributed by atoms with Crippen molar-refractivity contribution in [3.63, 3.8) is 0 Å². The molecule has 0 spiro atoms. The van der Waals surface area contributed by atoms with E-state index in [0.717, 1.165) is 16.8 Å². The smallest absolute Gasteiger partial charge is 0.228 e. The molecule has 0 aliphatic carbocycles. The number of carbonyl (C=O) groups excluding carboxylic acids is 1. The van der Waals surface area contributed by atoms with Crippen LogP contribution in [0.1, 0.15) is 28.3 Å². The highest BCUT2D eigenvalue weighted by Crippen LogP contribution is 2.21. The Morgan fingerprint density at radius 1 is 1.04 bits per heavy atom. The van der Waals surface area contributed by atoms with Crippen LogP contribution >= 0.6 is 0 Å². The lowest BCUT2D eigenvalue weighted by Crippen LogP contribution is -2.30. The third kappa shape index (κ3) is 4.76. The highest BCUT2D eigenvalue weighted by Gasteiger charge is 2.21. The number of halogens is 1. The Hall–Kier alpha value is -3.01. The highest BCUT2D eigenvalue weighted by atomic mass is 19.1. The van der Waals surface area contributed by atoms with Crippen molar-refractivity contribution in [2.45, 2.75) is 25.8 Å². The molecule has 1 atom stereocenters. The first-order valence-corrected chi connectivity index (χ1v) is 8.60. The maximum atomic E-state index is 13.3. The van der Waals surface area contributed by atoms with E-state index in [2.05, 4.69) is 10.3 Å². The zero-order valence-corrected chi connectivity index (χ0v) is 14.7. The molecular weight excluding hydrogens is 327 g/mol. The summed E-state index contributed by atoms with van der Waals surface area (Å²) in [4.78, 5) is 17.2. The van der Waals surface area contributed by atoms with Crippen molar-refractivity contribution in [1.29, 1.82) is 0 Å². The SMILES string of the molecule is Cc1ccc(CNC(=O)C(Cc2ccccn2)c2ccc(F)cc2)cc1. The summed E-state index contributed by atoms with van der Waals surface area (Å²) in [6, 6.07) is 19.8. The van der Waals surface area contributed by atoms with Crippen LogP contribution < -0.4 is 5.32 Å². The number of carbonyl (C=O) groups is 1. The number of rotatable bonds is 6. The maximum absolute atomic E-state index is 13.3. The summed E-state index contributed by atoms with van der Waals surface area (Å²) < 4.78 is 13.3. The Morgan fingerprint density at radius 3 is 2.42 bits per heavy atom. The molecule has 1 N–H and O–H groups in total. The number of nitrogens with zero attached hydrogens (tertiary/aromatic N) is 1.